The molecular formula is C10H14BrNO. The summed E-state index contributed by atoms with van der Waals surface area (Å²) in [7, 11) is 1.65. The summed E-state index contributed by atoms with van der Waals surface area (Å²) >= 11 is 3.47. The van der Waals surface area contributed by atoms with Crippen LogP contribution in [0.3, 0.4) is 0 Å². The van der Waals surface area contributed by atoms with E-state index in [9.17, 15) is 0 Å². The molecule has 3 heteroatoms. The third-order valence-corrected chi connectivity index (χ3v) is 3.09. The van der Waals surface area contributed by atoms with Crippen LogP contribution in [0.4, 0.5) is 0 Å². The Morgan fingerprint density at radius 1 is 1.31 bits per heavy atom. The van der Waals surface area contributed by atoms with Gasteiger partial charge in [-0.25, -0.2) is 0 Å². The minimum absolute atomic E-state index is 0.569. The fourth-order valence-corrected chi connectivity index (χ4v) is 1.69. The Kier molecular flexibility index (Phi) is 3.47. The average molecular weight is 244 g/mol. The number of halogens is 1. The molecule has 0 aromatic heterocycles. The lowest BCUT2D eigenvalue weighted by molar-refractivity contribution is -0.0733. The summed E-state index contributed by atoms with van der Waals surface area (Å²) < 4.78 is 1.12. The molecule has 0 saturated heterocycles. The second kappa shape index (κ2) is 4.22. The molecule has 72 valence electrons. The van der Waals surface area contributed by atoms with Crippen molar-refractivity contribution < 1.29 is 5.21 Å². The Hall–Kier alpha value is -0.380. The van der Waals surface area contributed by atoms with E-state index in [0.717, 1.165) is 10.0 Å². The van der Waals surface area contributed by atoms with Gasteiger partial charge in [0.15, 0.2) is 0 Å². The average Bonchev–Trinajstić information content (AvgIpc) is 2.06. The zero-order valence-electron chi connectivity index (χ0n) is 8.13. The molecule has 1 aromatic rings. The molecule has 0 bridgehead atoms. The fourth-order valence-electron chi connectivity index (χ4n) is 1.26. The Morgan fingerprint density at radius 2 is 1.92 bits per heavy atom. The lowest BCUT2D eigenvalue weighted by atomic mass is 10.0. The van der Waals surface area contributed by atoms with Gasteiger partial charge < -0.3 is 5.21 Å². The van der Waals surface area contributed by atoms with Crippen LogP contribution in [0.1, 0.15) is 16.7 Å². The Morgan fingerprint density at radius 3 is 2.46 bits per heavy atom. The van der Waals surface area contributed by atoms with E-state index in [2.05, 4.69) is 29.8 Å². The van der Waals surface area contributed by atoms with Crippen LogP contribution in [0.15, 0.2) is 16.6 Å². The monoisotopic (exact) mass is 243 g/mol. The van der Waals surface area contributed by atoms with Gasteiger partial charge >= 0.3 is 0 Å². The molecule has 0 saturated carbocycles. The predicted octanol–water partition coefficient (Wildman–Crippen LogP) is 2.89. The number of benzene rings is 1. The van der Waals surface area contributed by atoms with E-state index in [1.54, 1.807) is 7.05 Å². The summed E-state index contributed by atoms with van der Waals surface area (Å²) in [6.07, 6.45) is 0. The van der Waals surface area contributed by atoms with Crippen LogP contribution in [0.5, 0.6) is 0 Å². The molecule has 0 aliphatic heterocycles. The molecular weight excluding hydrogens is 230 g/mol. The summed E-state index contributed by atoms with van der Waals surface area (Å²) in [4.78, 5) is 0. The van der Waals surface area contributed by atoms with Crippen LogP contribution in [0, 0.1) is 13.8 Å². The van der Waals surface area contributed by atoms with Gasteiger partial charge in [-0.15, -0.1) is 0 Å². The molecule has 0 unspecified atom stereocenters. The van der Waals surface area contributed by atoms with Crippen LogP contribution in [-0.2, 0) is 6.54 Å². The smallest absolute Gasteiger partial charge is 0.0488 e. The van der Waals surface area contributed by atoms with E-state index >= 15 is 0 Å². The first-order valence-corrected chi connectivity index (χ1v) is 4.96. The van der Waals surface area contributed by atoms with Gasteiger partial charge in [-0.2, -0.15) is 5.06 Å². The first-order valence-electron chi connectivity index (χ1n) is 4.17. The topological polar surface area (TPSA) is 23.5 Å². The van der Waals surface area contributed by atoms with E-state index in [1.807, 2.05) is 12.1 Å². The van der Waals surface area contributed by atoms with Gasteiger partial charge in [-0.1, -0.05) is 22.0 Å². The van der Waals surface area contributed by atoms with Gasteiger partial charge in [0.2, 0.25) is 0 Å². The zero-order chi connectivity index (χ0) is 10.0. The first-order chi connectivity index (χ1) is 6.02. The third-order valence-electron chi connectivity index (χ3n) is 2.23. The highest BCUT2D eigenvalue weighted by Crippen LogP contribution is 2.22. The van der Waals surface area contributed by atoms with Gasteiger partial charge in [0, 0.05) is 18.1 Å². The SMILES string of the molecule is Cc1c(Br)ccc(CN(C)O)c1C. The van der Waals surface area contributed by atoms with Crippen molar-refractivity contribution in [1.82, 2.24) is 5.06 Å². The molecule has 0 radical (unpaired) electrons. The molecule has 0 aliphatic carbocycles. The highest BCUT2D eigenvalue weighted by atomic mass is 79.9. The molecule has 0 aliphatic rings. The van der Waals surface area contributed by atoms with Crippen molar-refractivity contribution in [2.45, 2.75) is 20.4 Å². The lowest BCUT2D eigenvalue weighted by Gasteiger charge is -2.13. The Labute approximate surface area is 87.3 Å². The summed E-state index contributed by atoms with van der Waals surface area (Å²) in [5.41, 5.74) is 3.63. The van der Waals surface area contributed by atoms with E-state index in [4.69, 9.17) is 5.21 Å². The molecule has 1 aromatic carbocycles. The maximum atomic E-state index is 9.11. The highest BCUT2D eigenvalue weighted by molar-refractivity contribution is 9.10. The minimum Gasteiger partial charge on any atom is -0.314 e. The second-order valence-corrected chi connectivity index (χ2v) is 4.13. The van der Waals surface area contributed by atoms with Crippen LogP contribution < -0.4 is 0 Å². The van der Waals surface area contributed by atoms with E-state index < -0.39 is 0 Å². The molecule has 0 spiro atoms. The van der Waals surface area contributed by atoms with Gasteiger partial charge in [0.1, 0.15) is 0 Å². The van der Waals surface area contributed by atoms with E-state index in [-0.39, 0.29) is 0 Å². The minimum atomic E-state index is 0.569. The standard InChI is InChI=1S/C10H14BrNO/c1-7-8(2)10(11)5-4-9(7)6-12(3)13/h4-5,13H,6H2,1-3H3. The van der Waals surface area contributed by atoms with Gasteiger partial charge in [0.25, 0.3) is 0 Å². The first kappa shape index (κ1) is 10.7. The van der Waals surface area contributed by atoms with Crippen molar-refractivity contribution in [2.24, 2.45) is 0 Å². The maximum absolute atomic E-state index is 9.11. The predicted molar refractivity (Wildman–Crippen MR) is 56.9 cm³/mol. The summed E-state index contributed by atoms with van der Waals surface area (Å²) in [6, 6.07) is 4.04. The summed E-state index contributed by atoms with van der Waals surface area (Å²) in [5, 5.41) is 10.3. The van der Waals surface area contributed by atoms with Crippen LogP contribution >= 0.6 is 15.9 Å². The summed E-state index contributed by atoms with van der Waals surface area (Å²) in [5.74, 6) is 0. The van der Waals surface area contributed by atoms with Gasteiger partial charge in [0.05, 0.1) is 0 Å². The number of hydrogen-bond acceptors (Lipinski definition) is 2. The molecule has 13 heavy (non-hydrogen) atoms. The van der Waals surface area contributed by atoms with Crippen molar-refractivity contribution in [3.8, 4) is 0 Å². The Balaban J connectivity index is 3.04. The number of nitrogens with zero attached hydrogens (tertiary/aromatic N) is 1. The van der Waals surface area contributed by atoms with Crippen molar-refractivity contribution in [2.75, 3.05) is 7.05 Å². The fraction of sp³-hybridized carbons (Fsp3) is 0.400. The van der Waals surface area contributed by atoms with Crippen molar-refractivity contribution in [3.63, 3.8) is 0 Å². The lowest BCUT2D eigenvalue weighted by Crippen LogP contribution is -2.12. The molecule has 1 rings (SSSR count). The normalized spacial score (nSPS) is 10.9. The van der Waals surface area contributed by atoms with Gasteiger partial charge in [-0.05, 0) is 36.6 Å². The van der Waals surface area contributed by atoms with Crippen LogP contribution in [-0.4, -0.2) is 17.3 Å². The largest absolute Gasteiger partial charge is 0.314 e. The van der Waals surface area contributed by atoms with Crippen molar-refractivity contribution >= 4 is 15.9 Å². The van der Waals surface area contributed by atoms with Gasteiger partial charge in [-0.3, -0.25) is 0 Å². The van der Waals surface area contributed by atoms with E-state index in [0.29, 0.717) is 6.54 Å². The molecule has 0 amide bonds. The molecule has 0 heterocycles. The van der Waals surface area contributed by atoms with Crippen LogP contribution in [0.2, 0.25) is 0 Å². The molecule has 0 atom stereocenters. The Bertz CT molecular complexity index is 310. The number of hydroxylamine groups is 2. The third kappa shape index (κ3) is 2.53. The second-order valence-electron chi connectivity index (χ2n) is 3.27. The quantitative estimate of drug-likeness (QED) is 0.808. The molecule has 0 fully saturated rings. The van der Waals surface area contributed by atoms with E-state index in [1.165, 1.54) is 16.2 Å². The maximum Gasteiger partial charge on any atom is 0.0488 e. The highest BCUT2D eigenvalue weighted by Gasteiger charge is 2.05. The number of hydrogen-bond donors (Lipinski definition) is 1. The zero-order valence-corrected chi connectivity index (χ0v) is 9.72. The number of rotatable bonds is 2. The molecule has 1 N–H and O–H groups in total. The summed E-state index contributed by atoms with van der Waals surface area (Å²) in [6.45, 7) is 4.71. The van der Waals surface area contributed by atoms with Crippen molar-refractivity contribution in [3.05, 3.63) is 33.3 Å². The molecule has 2 nitrogen and oxygen atoms in total. The van der Waals surface area contributed by atoms with Crippen LogP contribution in [0.25, 0.3) is 0 Å². The van der Waals surface area contributed by atoms with Crippen molar-refractivity contribution in [1.29, 1.82) is 0 Å².